The number of H-pyrrole nitrogens is 1. The Balaban J connectivity index is 2.26. The number of rotatable bonds is 2. The number of hydrogen-bond donors (Lipinski definition) is 1. The first-order valence-corrected chi connectivity index (χ1v) is 4.88. The molecule has 1 heterocycles. The molecule has 0 saturated heterocycles. The van der Waals surface area contributed by atoms with Crippen LogP contribution in [0.3, 0.4) is 0 Å². The maximum absolute atomic E-state index is 11.9. The largest absolute Gasteiger partial charge is 0.309 e. The highest BCUT2D eigenvalue weighted by atomic mass is 16.2. The lowest BCUT2D eigenvalue weighted by atomic mass is 10.2. The maximum Gasteiger partial charge on any atom is 0.295 e. The summed E-state index contributed by atoms with van der Waals surface area (Å²) < 4.78 is 0. The van der Waals surface area contributed by atoms with Gasteiger partial charge < -0.3 is 4.90 Å². The Bertz CT molecular complexity index is 492. The van der Waals surface area contributed by atoms with Gasteiger partial charge in [-0.2, -0.15) is 5.10 Å². The molecule has 0 spiro atoms. The highest BCUT2D eigenvalue weighted by molar-refractivity contribution is 6.03. The second-order valence-corrected chi connectivity index (χ2v) is 3.54. The van der Waals surface area contributed by atoms with Crippen molar-refractivity contribution < 1.29 is 4.79 Å². The number of amides is 1. The molecule has 0 unspecified atom stereocenters. The summed E-state index contributed by atoms with van der Waals surface area (Å²) >= 11 is 0. The van der Waals surface area contributed by atoms with Gasteiger partial charge >= 0.3 is 0 Å². The number of carbonyl (C=O) groups excluding carboxylic acids is 1. The van der Waals surface area contributed by atoms with Crippen LogP contribution < -0.4 is 4.90 Å². The zero-order chi connectivity index (χ0) is 11.5. The summed E-state index contributed by atoms with van der Waals surface area (Å²) in [6, 6.07) is 7.71. The number of hydrogen-bond acceptors (Lipinski definition) is 3. The Morgan fingerprint density at radius 3 is 2.88 bits per heavy atom. The van der Waals surface area contributed by atoms with Crippen LogP contribution in [-0.2, 0) is 0 Å². The van der Waals surface area contributed by atoms with E-state index >= 15 is 0 Å². The van der Waals surface area contributed by atoms with Gasteiger partial charge in [-0.25, -0.2) is 4.98 Å². The molecule has 0 atom stereocenters. The van der Waals surface area contributed by atoms with E-state index in [1.807, 2.05) is 31.2 Å². The van der Waals surface area contributed by atoms with Crippen molar-refractivity contribution in [3.05, 3.63) is 42.0 Å². The molecule has 2 aromatic rings. The first-order chi connectivity index (χ1) is 7.68. The molecule has 16 heavy (non-hydrogen) atoms. The molecule has 82 valence electrons. The first-order valence-electron chi connectivity index (χ1n) is 4.88. The van der Waals surface area contributed by atoms with Crippen molar-refractivity contribution in [3.63, 3.8) is 0 Å². The topological polar surface area (TPSA) is 61.9 Å². The Morgan fingerprint density at radius 1 is 1.44 bits per heavy atom. The van der Waals surface area contributed by atoms with E-state index in [0.717, 1.165) is 11.3 Å². The van der Waals surface area contributed by atoms with Gasteiger partial charge in [-0.05, 0) is 24.6 Å². The van der Waals surface area contributed by atoms with Gasteiger partial charge in [0.15, 0.2) is 0 Å². The quantitative estimate of drug-likeness (QED) is 0.825. The summed E-state index contributed by atoms with van der Waals surface area (Å²) in [4.78, 5) is 17.3. The van der Waals surface area contributed by atoms with Gasteiger partial charge in [0.05, 0.1) is 0 Å². The highest BCUT2D eigenvalue weighted by Crippen LogP contribution is 2.15. The van der Waals surface area contributed by atoms with Crippen LogP contribution >= 0.6 is 0 Å². The van der Waals surface area contributed by atoms with E-state index < -0.39 is 0 Å². The predicted molar refractivity (Wildman–Crippen MR) is 60.3 cm³/mol. The van der Waals surface area contributed by atoms with Gasteiger partial charge in [-0.3, -0.25) is 9.89 Å². The SMILES string of the molecule is Cc1cccc(N(C)C(=O)c2ncn[nH]2)c1. The average Bonchev–Trinajstić information content (AvgIpc) is 2.80. The van der Waals surface area contributed by atoms with Crippen LogP contribution in [0.5, 0.6) is 0 Å². The van der Waals surface area contributed by atoms with E-state index in [9.17, 15) is 4.79 Å². The van der Waals surface area contributed by atoms with Crippen molar-refractivity contribution in [3.8, 4) is 0 Å². The molecule has 1 aromatic heterocycles. The highest BCUT2D eigenvalue weighted by Gasteiger charge is 2.15. The summed E-state index contributed by atoms with van der Waals surface area (Å²) in [5.41, 5.74) is 1.94. The number of benzene rings is 1. The van der Waals surface area contributed by atoms with Crippen LogP contribution in [-0.4, -0.2) is 28.1 Å². The molecule has 0 aliphatic heterocycles. The summed E-state index contributed by atoms with van der Waals surface area (Å²) in [5, 5.41) is 6.20. The van der Waals surface area contributed by atoms with Gasteiger partial charge in [0.1, 0.15) is 6.33 Å². The molecule has 1 N–H and O–H groups in total. The molecule has 0 aliphatic rings. The third kappa shape index (κ3) is 1.93. The van der Waals surface area contributed by atoms with Gasteiger partial charge in [0.25, 0.3) is 5.91 Å². The van der Waals surface area contributed by atoms with E-state index in [2.05, 4.69) is 15.2 Å². The summed E-state index contributed by atoms with van der Waals surface area (Å²) in [6.45, 7) is 1.98. The Kier molecular flexibility index (Phi) is 2.68. The van der Waals surface area contributed by atoms with Crippen LogP contribution in [0.25, 0.3) is 0 Å². The number of nitrogens with one attached hydrogen (secondary N) is 1. The standard InChI is InChI=1S/C11H12N4O/c1-8-4-3-5-9(6-8)15(2)11(16)10-12-7-13-14-10/h3-7H,1-2H3,(H,12,13,14). The minimum absolute atomic E-state index is 0.205. The van der Waals surface area contributed by atoms with Crippen molar-refractivity contribution in [1.82, 2.24) is 15.2 Å². The summed E-state index contributed by atoms with van der Waals surface area (Å²) in [6.07, 6.45) is 1.32. The number of aromatic amines is 1. The molecule has 5 heteroatoms. The van der Waals surface area contributed by atoms with Gasteiger partial charge in [-0.15, -0.1) is 0 Å². The van der Waals surface area contributed by atoms with Crippen LogP contribution in [0.4, 0.5) is 5.69 Å². The monoisotopic (exact) mass is 216 g/mol. The number of aryl methyl sites for hydroxylation is 1. The molecular formula is C11H12N4O. The molecule has 5 nitrogen and oxygen atoms in total. The Morgan fingerprint density at radius 2 is 2.25 bits per heavy atom. The van der Waals surface area contributed by atoms with Crippen molar-refractivity contribution in [2.45, 2.75) is 6.92 Å². The van der Waals surface area contributed by atoms with E-state index in [4.69, 9.17) is 0 Å². The fraction of sp³-hybridized carbons (Fsp3) is 0.182. The third-order valence-corrected chi connectivity index (χ3v) is 2.31. The zero-order valence-corrected chi connectivity index (χ0v) is 9.14. The van der Waals surface area contributed by atoms with E-state index in [1.165, 1.54) is 11.2 Å². The van der Waals surface area contributed by atoms with Crippen molar-refractivity contribution >= 4 is 11.6 Å². The number of nitrogens with zero attached hydrogens (tertiary/aromatic N) is 3. The first kappa shape index (κ1) is 10.4. The van der Waals surface area contributed by atoms with Crippen LogP contribution in [0.1, 0.15) is 16.2 Å². The van der Waals surface area contributed by atoms with Gasteiger partial charge in [-0.1, -0.05) is 12.1 Å². The summed E-state index contributed by atoms with van der Waals surface area (Å²) in [7, 11) is 1.71. The molecule has 0 aliphatic carbocycles. The number of anilines is 1. The molecule has 0 saturated carbocycles. The average molecular weight is 216 g/mol. The van der Waals surface area contributed by atoms with Gasteiger partial charge in [0, 0.05) is 12.7 Å². The fourth-order valence-electron chi connectivity index (χ4n) is 1.42. The molecule has 2 rings (SSSR count). The van der Waals surface area contributed by atoms with Crippen molar-refractivity contribution in [2.75, 3.05) is 11.9 Å². The molecule has 0 bridgehead atoms. The lowest BCUT2D eigenvalue weighted by Gasteiger charge is -2.15. The van der Waals surface area contributed by atoms with Crippen LogP contribution in [0.15, 0.2) is 30.6 Å². The second kappa shape index (κ2) is 4.14. The third-order valence-electron chi connectivity index (χ3n) is 2.31. The zero-order valence-electron chi connectivity index (χ0n) is 9.14. The Hall–Kier alpha value is -2.17. The molecule has 1 aromatic carbocycles. The maximum atomic E-state index is 11.9. The minimum Gasteiger partial charge on any atom is -0.309 e. The van der Waals surface area contributed by atoms with E-state index in [0.29, 0.717) is 0 Å². The fourth-order valence-corrected chi connectivity index (χ4v) is 1.42. The molecular weight excluding hydrogens is 204 g/mol. The van der Waals surface area contributed by atoms with E-state index in [-0.39, 0.29) is 11.7 Å². The van der Waals surface area contributed by atoms with Crippen molar-refractivity contribution in [1.29, 1.82) is 0 Å². The van der Waals surface area contributed by atoms with E-state index in [1.54, 1.807) is 7.05 Å². The summed E-state index contributed by atoms with van der Waals surface area (Å²) in [5.74, 6) is 0.0344. The number of carbonyl (C=O) groups is 1. The normalized spacial score (nSPS) is 10.1. The van der Waals surface area contributed by atoms with Crippen LogP contribution in [0, 0.1) is 6.92 Å². The molecule has 0 radical (unpaired) electrons. The van der Waals surface area contributed by atoms with Crippen LogP contribution in [0.2, 0.25) is 0 Å². The second-order valence-electron chi connectivity index (χ2n) is 3.54. The smallest absolute Gasteiger partial charge is 0.295 e. The van der Waals surface area contributed by atoms with Gasteiger partial charge in [0.2, 0.25) is 5.82 Å². The lowest BCUT2D eigenvalue weighted by molar-refractivity contribution is 0.0983. The lowest BCUT2D eigenvalue weighted by Crippen LogP contribution is -2.27. The van der Waals surface area contributed by atoms with Crippen molar-refractivity contribution in [2.24, 2.45) is 0 Å². The molecule has 0 fully saturated rings. The molecule has 1 amide bonds. The minimum atomic E-state index is -0.205. The predicted octanol–water partition coefficient (Wildman–Crippen LogP) is 1.39. The number of aromatic nitrogens is 3. The Labute approximate surface area is 93.1 Å².